The van der Waals surface area contributed by atoms with Gasteiger partial charge in [-0.1, -0.05) is 24.3 Å². The highest BCUT2D eigenvalue weighted by atomic mass is 19.2. The number of aromatic amines is 1. The molecular weight excluding hydrogens is 424 g/mol. The molecule has 1 N–H and O–H groups in total. The second kappa shape index (κ2) is 9.13. The van der Waals surface area contributed by atoms with Gasteiger partial charge in [-0.3, -0.25) is 5.10 Å². The highest BCUT2D eigenvalue weighted by molar-refractivity contribution is 5.67. The van der Waals surface area contributed by atoms with Gasteiger partial charge in [0.2, 0.25) is 0 Å². The van der Waals surface area contributed by atoms with Crippen LogP contribution in [0.25, 0.3) is 11.3 Å². The molecule has 0 aliphatic rings. The van der Waals surface area contributed by atoms with E-state index < -0.39 is 23.3 Å². The van der Waals surface area contributed by atoms with Gasteiger partial charge in [0.15, 0.2) is 34.8 Å². The van der Waals surface area contributed by atoms with Crippen LogP contribution >= 0.6 is 0 Å². The Bertz CT molecular complexity index is 1260. The van der Waals surface area contributed by atoms with Gasteiger partial charge in [-0.05, 0) is 35.9 Å². The predicted octanol–water partition coefficient (Wildman–Crippen LogP) is 5.81. The summed E-state index contributed by atoms with van der Waals surface area (Å²) in [6.45, 7) is -0.217. The zero-order valence-electron chi connectivity index (χ0n) is 17.0. The molecule has 0 spiro atoms. The quantitative estimate of drug-likeness (QED) is 0.368. The number of nitrogens with one attached hydrogen (secondary N) is 1. The lowest BCUT2D eigenvalue weighted by Crippen LogP contribution is -2.02. The highest BCUT2D eigenvalue weighted by Gasteiger charge is 2.16. The van der Waals surface area contributed by atoms with E-state index in [1.54, 1.807) is 24.4 Å². The van der Waals surface area contributed by atoms with Gasteiger partial charge in [0.1, 0.15) is 6.61 Å². The maximum atomic E-state index is 14.1. The van der Waals surface area contributed by atoms with Crippen molar-refractivity contribution in [2.45, 2.75) is 13.0 Å². The second-order valence-corrected chi connectivity index (χ2v) is 7.02. The van der Waals surface area contributed by atoms with Gasteiger partial charge >= 0.3 is 0 Å². The Labute approximate surface area is 181 Å². The van der Waals surface area contributed by atoms with Gasteiger partial charge in [-0.15, -0.1) is 0 Å². The minimum atomic E-state index is -0.977. The summed E-state index contributed by atoms with van der Waals surface area (Å²) in [6, 6.07) is 12.9. The van der Waals surface area contributed by atoms with Gasteiger partial charge in [0.25, 0.3) is 0 Å². The fourth-order valence-electron chi connectivity index (χ4n) is 3.34. The van der Waals surface area contributed by atoms with Crippen LogP contribution in [0.15, 0.2) is 60.8 Å². The SMILES string of the molecule is COc1ccc(-c2n[nH]cc2Cc2cccc(F)c2F)cc1OCc1cccc(F)c1F. The number of halogens is 4. The number of H-pyrrole nitrogens is 1. The van der Waals surface area contributed by atoms with Crippen molar-refractivity contribution in [1.82, 2.24) is 10.2 Å². The summed E-state index contributed by atoms with van der Waals surface area (Å²) in [4.78, 5) is 0. The standard InChI is InChI=1S/C24H18F4N2O2/c1-31-20-9-8-15(11-21(20)32-13-16-5-3-7-19(26)23(16)28)24-17(12-29-30-24)10-14-4-2-6-18(25)22(14)27/h2-9,11-12H,10,13H2,1H3,(H,29,30). The zero-order valence-corrected chi connectivity index (χ0v) is 17.0. The van der Waals surface area contributed by atoms with Crippen molar-refractivity contribution >= 4 is 0 Å². The van der Waals surface area contributed by atoms with E-state index in [-0.39, 0.29) is 24.2 Å². The van der Waals surface area contributed by atoms with E-state index in [9.17, 15) is 17.6 Å². The lowest BCUT2D eigenvalue weighted by Gasteiger charge is -2.13. The lowest BCUT2D eigenvalue weighted by molar-refractivity contribution is 0.278. The molecule has 4 aromatic rings. The lowest BCUT2D eigenvalue weighted by atomic mass is 10.0. The van der Waals surface area contributed by atoms with E-state index in [2.05, 4.69) is 10.2 Å². The first-order chi connectivity index (χ1) is 15.5. The zero-order chi connectivity index (χ0) is 22.7. The molecule has 0 saturated heterocycles. The summed E-state index contributed by atoms with van der Waals surface area (Å²) >= 11 is 0. The molecular formula is C24H18F4N2O2. The van der Waals surface area contributed by atoms with Gasteiger partial charge in [0.05, 0.1) is 12.8 Å². The van der Waals surface area contributed by atoms with Crippen LogP contribution in [0.2, 0.25) is 0 Å². The molecule has 0 aliphatic heterocycles. The van der Waals surface area contributed by atoms with Crippen LogP contribution in [0, 0.1) is 23.3 Å². The van der Waals surface area contributed by atoms with Crippen molar-refractivity contribution in [2.75, 3.05) is 7.11 Å². The third-order valence-corrected chi connectivity index (χ3v) is 4.98. The number of aromatic nitrogens is 2. The molecule has 0 atom stereocenters. The molecule has 8 heteroatoms. The Morgan fingerprint density at radius 2 is 1.50 bits per heavy atom. The summed E-state index contributed by atoms with van der Waals surface area (Å²) in [5.74, 6) is -3.09. The van der Waals surface area contributed by atoms with Gasteiger partial charge in [-0.25, -0.2) is 17.6 Å². The number of hydrogen-bond acceptors (Lipinski definition) is 3. The first-order valence-electron chi connectivity index (χ1n) is 9.67. The summed E-state index contributed by atoms with van der Waals surface area (Å²) < 4.78 is 66.1. The van der Waals surface area contributed by atoms with Crippen molar-refractivity contribution in [3.05, 3.63) is 101 Å². The van der Waals surface area contributed by atoms with E-state index in [0.717, 1.165) is 12.1 Å². The number of ether oxygens (including phenoxy) is 2. The molecule has 0 unspecified atom stereocenters. The maximum absolute atomic E-state index is 14.1. The molecule has 0 aliphatic carbocycles. The van der Waals surface area contributed by atoms with E-state index in [1.165, 1.54) is 31.4 Å². The van der Waals surface area contributed by atoms with Crippen LogP contribution < -0.4 is 9.47 Å². The van der Waals surface area contributed by atoms with E-state index in [4.69, 9.17) is 9.47 Å². The topological polar surface area (TPSA) is 47.1 Å². The molecule has 0 amide bonds. The van der Waals surface area contributed by atoms with E-state index in [1.807, 2.05) is 0 Å². The molecule has 4 nitrogen and oxygen atoms in total. The molecule has 0 radical (unpaired) electrons. The molecule has 0 fully saturated rings. The number of benzene rings is 3. The van der Waals surface area contributed by atoms with Gasteiger partial charge in [-0.2, -0.15) is 5.10 Å². The average Bonchev–Trinajstić information content (AvgIpc) is 3.26. The molecule has 1 aromatic heterocycles. The number of hydrogen-bond donors (Lipinski definition) is 1. The third kappa shape index (κ3) is 4.30. The summed E-state index contributed by atoms with van der Waals surface area (Å²) in [6.07, 6.45) is 1.72. The van der Waals surface area contributed by atoms with E-state index >= 15 is 0 Å². The Morgan fingerprint density at radius 3 is 2.22 bits per heavy atom. The molecule has 0 bridgehead atoms. The van der Waals surface area contributed by atoms with Crippen molar-refractivity contribution < 1.29 is 27.0 Å². The summed E-state index contributed by atoms with van der Waals surface area (Å²) in [5, 5.41) is 6.97. The molecule has 4 rings (SSSR count). The molecule has 0 saturated carbocycles. The maximum Gasteiger partial charge on any atom is 0.165 e. The van der Waals surface area contributed by atoms with Crippen LogP contribution in [0.4, 0.5) is 17.6 Å². The first kappa shape index (κ1) is 21.4. The van der Waals surface area contributed by atoms with Crippen molar-refractivity contribution in [2.24, 2.45) is 0 Å². The van der Waals surface area contributed by atoms with E-state index in [0.29, 0.717) is 28.3 Å². The Hall–Kier alpha value is -3.81. The molecule has 1 heterocycles. The highest BCUT2D eigenvalue weighted by Crippen LogP contribution is 2.34. The number of methoxy groups -OCH3 is 1. The number of nitrogens with zero attached hydrogens (tertiary/aromatic N) is 1. The summed E-state index contributed by atoms with van der Waals surface area (Å²) in [5.41, 5.74) is 2.02. The first-order valence-corrected chi connectivity index (χ1v) is 9.67. The van der Waals surface area contributed by atoms with Crippen molar-refractivity contribution in [3.63, 3.8) is 0 Å². The predicted molar refractivity (Wildman–Crippen MR) is 110 cm³/mol. The fourth-order valence-corrected chi connectivity index (χ4v) is 3.34. The Kier molecular flexibility index (Phi) is 6.11. The fraction of sp³-hybridized carbons (Fsp3) is 0.125. The largest absolute Gasteiger partial charge is 0.493 e. The monoisotopic (exact) mass is 442 g/mol. The van der Waals surface area contributed by atoms with Gasteiger partial charge < -0.3 is 9.47 Å². The van der Waals surface area contributed by atoms with Crippen molar-refractivity contribution in [3.8, 4) is 22.8 Å². The Balaban J connectivity index is 1.62. The normalized spacial score (nSPS) is 10.9. The minimum Gasteiger partial charge on any atom is -0.493 e. The molecule has 3 aromatic carbocycles. The van der Waals surface area contributed by atoms with Crippen LogP contribution in [0.3, 0.4) is 0 Å². The van der Waals surface area contributed by atoms with Crippen LogP contribution in [0.5, 0.6) is 11.5 Å². The van der Waals surface area contributed by atoms with Gasteiger partial charge in [0, 0.05) is 29.3 Å². The van der Waals surface area contributed by atoms with Crippen LogP contribution in [0.1, 0.15) is 16.7 Å². The Morgan fingerprint density at radius 1 is 0.812 bits per heavy atom. The second-order valence-electron chi connectivity index (χ2n) is 7.02. The smallest absolute Gasteiger partial charge is 0.165 e. The minimum absolute atomic E-state index is 0.0551. The molecule has 32 heavy (non-hydrogen) atoms. The summed E-state index contributed by atoms with van der Waals surface area (Å²) in [7, 11) is 1.46. The van der Waals surface area contributed by atoms with Crippen molar-refractivity contribution in [1.29, 1.82) is 0 Å². The molecule has 164 valence electrons. The third-order valence-electron chi connectivity index (χ3n) is 4.98. The average molecular weight is 442 g/mol. The van der Waals surface area contributed by atoms with Crippen LogP contribution in [-0.2, 0) is 13.0 Å². The number of rotatable bonds is 7. The van der Waals surface area contributed by atoms with Crippen LogP contribution in [-0.4, -0.2) is 17.3 Å².